The van der Waals surface area contributed by atoms with Crippen LogP contribution in [0, 0.1) is 12.8 Å². The van der Waals surface area contributed by atoms with Gasteiger partial charge < -0.3 is 0 Å². The van der Waals surface area contributed by atoms with Crippen LogP contribution in [0.1, 0.15) is 16.7 Å². The molecule has 1 unspecified atom stereocenters. The molecule has 0 bridgehead atoms. The summed E-state index contributed by atoms with van der Waals surface area (Å²) < 4.78 is 30.3. The number of hydrogen-bond donors (Lipinski definition) is 0. The predicted octanol–water partition coefficient (Wildman–Crippen LogP) is 3.19. The molecule has 4 nitrogen and oxygen atoms in total. The Kier molecular flexibility index (Phi) is 3.79. The quantitative estimate of drug-likeness (QED) is 0.860. The number of aryl methyl sites for hydroxylation is 1. The minimum atomic E-state index is -3.77. The summed E-state index contributed by atoms with van der Waals surface area (Å²) >= 11 is 0. The van der Waals surface area contributed by atoms with E-state index in [4.69, 9.17) is 4.28 Å². The molecule has 1 aliphatic carbocycles. The van der Waals surface area contributed by atoms with Crippen molar-refractivity contribution in [3.63, 3.8) is 0 Å². The van der Waals surface area contributed by atoms with Gasteiger partial charge in [-0.2, -0.15) is 17.8 Å². The standard InChI is InChI=1S/C19H19NO3S/c1-14-6-8-19(9-7-14)24(21,22)23-20-12-17-10-15-4-2-3-5-16(15)11-18(17)13-20/h2-10,18H,11-13H2,1H3. The highest BCUT2D eigenvalue weighted by molar-refractivity contribution is 7.86. The van der Waals surface area contributed by atoms with Crippen molar-refractivity contribution in [2.24, 2.45) is 5.92 Å². The maximum Gasteiger partial charge on any atom is 0.313 e. The lowest BCUT2D eigenvalue weighted by molar-refractivity contribution is -0.0288. The number of hydrogen-bond acceptors (Lipinski definition) is 4. The summed E-state index contributed by atoms with van der Waals surface area (Å²) in [5.41, 5.74) is 4.80. The van der Waals surface area contributed by atoms with E-state index >= 15 is 0 Å². The zero-order valence-electron chi connectivity index (χ0n) is 13.5. The molecular weight excluding hydrogens is 322 g/mol. The summed E-state index contributed by atoms with van der Waals surface area (Å²) in [6.45, 7) is 3.06. The normalized spacial score (nSPS) is 20.4. The Hall–Kier alpha value is -1.95. The highest BCUT2D eigenvalue weighted by atomic mass is 32.2. The van der Waals surface area contributed by atoms with Crippen molar-refractivity contribution < 1.29 is 12.7 Å². The molecule has 0 radical (unpaired) electrons. The average molecular weight is 341 g/mol. The van der Waals surface area contributed by atoms with E-state index in [0.717, 1.165) is 12.0 Å². The maximum absolute atomic E-state index is 12.4. The van der Waals surface area contributed by atoms with Crippen LogP contribution >= 0.6 is 0 Å². The highest BCUT2D eigenvalue weighted by Gasteiger charge is 2.34. The van der Waals surface area contributed by atoms with Crippen molar-refractivity contribution in [2.45, 2.75) is 18.2 Å². The zero-order chi connectivity index (χ0) is 16.7. The van der Waals surface area contributed by atoms with Crippen molar-refractivity contribution in [3.05, 3.63) is 70.8 Å². The largest absolute Gasteiger partial charge is 0.313 e. The molecule has 1 heterocycles. The first-order valence-electron chi connectivity index (χ1n) is 8.06. The van der Waals surface area contributed by atoms with Gasteiger partial charge >= 0.3 is 10.1 Å². The van der Waals surface area contributed by atoms with Crippen LogP contribution < -0.4 is 0 Å². The van der Waals surface area contributed by atoms with E-state index in [1.54, 1.807) is 29.3 Å². The van der Waals surface area contributed by atoms with Gasteiger partial charge in [0.1, 0.15) is 0 Å². The molecule has 0 saturated carbocycles. The van der Waals surface area contributed by atoms with E-state index in [1.807, 2.05) is 19.1 Å². The fourth-order valence-electron chi connectivity index (χ4n) is 3.39. The van der Waals surface area contributed by atoms with Crippen molar-refractivity contribution in [3.8, 4) is 0 Å². The van der Waals surface area contributed by atoms with E-state index < -0.39 is 10.1 Å². The molecule has 124 valence electrons. The number of hydroxylamine groups is 2. The molecule has 1 atom stereocenters. The molecule has 1 saturated heterocycles. The number of rotatable bonds is 3. The van der Waals surface area contributed by atoms with Gasteiger partial charge in [0.15, 0.2) is 0 Å². The lowest BCUT2D eigenvalue weighted by atomic mass is 9.85. The van der Waals surface area contributed by atoms with Crippen LogP contribution in [0.15, 0.2) is 59.0 Å². The minimum absolute atomic E-state index is 0.195. The van der Waals surface area contributed by atoms with Crippen LogP contribution in [0.25, 0.3) is 6.08 Å². The van der Waals surface area contributed by atoms with E-state index in [-0.39, 0.29) is 4.90 Å². The summed E-state index contributed by atoms with van der Waals surface area (Å²) in [7, 11) is -3.77. The summed E-state index contributed by atoms with van der Waals surface area (Å²) in [5.74, 6) is 0.327. The topological polar surface area (TPSA) is 46.6 Å². The second-order valence-corrected chi connectivity index (χ2v) is 8.01. The van der Waals surface area contributed by atoms with Crippen LogP contribution in [0.5, 0.6) is 0 Å². The summed E-state index contributed by atoms with van der Waals surface area (Å²) in [5, 5.41) is 1.57. The molecule has 4 rings (SSSR count). The first-order chi connectivity index (χ1) is 11.5. The molecular formula is C19H19NO3S. The minimum Gasteiger partial charge on any atom is -0.192 e. The Labute approximate surface area is 142 Å². The van der Waals surface area contributed by atoms with Gasteiger partial charge in [-0.05, 0) is 42.2 Å². The third-order valence-corrected chi connectivity index (χ3v) is 5.94. The maximum atomic E-state index is 12.4. The van der Waals surface area contributed by atoms with E-state index in [1.165, 1.54) is 16.7 Å². The van der Waals surface area contributed by atoms with Crippen LogP contribution in [0.3, 0.4) is 0 Å². The Bertz CT molecular complexity index is 900. The molecule has 2 aromatic carbocycles. The van der Waals surface area contributed by atoms with Crippen molar-refractivity contribution >= 4 is 16.2 Å². The van der Waals surface area contributed by atoms with Crippen LogP contribution in [-0.4, -0.2) is 26.6 Å². The smallest absolute Gasteiger partial charge is 0.192 e. The Morgan fingerprint density at radius 2 is 1.83 bits per heavy atom. The third kappa shape index (κ3) is 2.90. The monoisotopic (exact) mass is 341 g/mol. The van der Waals surface area contributed by atoms with Crippen LogP contribution in [0.4, 0.5) is 0 Å². The third-order valence-electron chi connectivity index (χ3n) is 4.68. The van der Waals surface area contributed by atoms with Gasteiger partial charge in [0.2, 0.25) is 0 Å². The molecule has 5 heteroatoms. The summed E-state index contributed by atoms with van der Waals surface area (Å²) in [4.78, 5) is 0.195. The molecule has 2 aliphatic rings. The first kappa shape index (κ1) is 15.6. The number of benzene rings is 2. The summed E-state index contributed by atoms with van der Waals surface area (Å²) in [6, 6.07) is 15.0. The van der Waals surface area contributed by atoms with Crippen LogP contribution in [0.2, 0.25) is 0 Å². The molecule has 0 N–H and O–H groups in total. The second-order valence-electron chi connectivity index (χ2n) is 6.48. The Morgan fingerprint density at radius 1 is 1.08 bits per heavy atom. The molecule has 1 fully saturated rings. The zero-order valence-corrected chi connectivity index (χ0v) is 14.3. The Balaban J connectivity index is 1.52. The Morgan fingerprint density at radius 3 is 2.62 bits per heavy atom. The molecule has 0 amide bonds. The summed E-state index contributed by atoms with van der Waals surface area (Å²) in [6.07, 6.45) is 3.11. The predicted molar refractivity (Wildman–Crippen MR) is 92.6 cm³/mol. The highest BCUT2D eigenvalue weighted by Crippen LogP contribution is 2.34. The molecule has 0 aromatic heterocycles. The molecule has 2 aromatic rings. The van der Waals surface area contributed by atoms with Gasteiger partial charge in [-0.15, -0.1) is 0 Å². The van der Waals surface area contributed by atoms with Crippen molar-refractivity contribution in [1.29, 1.82) is 0 Å². The fraction of sp³-hybridized carbons (Fsp3) is 0.263. The van der Waals surface area contributed by atoms with Gasteiger partial charge in [0.25, 0.3) is 0 Å². The fourth-order valence-corrected chi connectivity index (χ4v) is 4.34. The van der Waals surface area contributed by atoms with Gasteiger partial charge in [-0.25, -0.2) is 0 Å². The lowest BCUT2D eigenvalue weighted by Crippen LogP contribution is -2.25. The average Bonchev–Trinajstić information content (AvgIpc) is 2.93. The van der Waals surface area contributed by atoms with Gasteiger partial charge in [0, 0.05) is 19.0 Å². The van der Waals surface area contributed by atoms with E-state index in [0.29, 0.717) is 19.0 Å². The first-order valence-corrected chi connectivity index (χ1v) is 9.47. The molecule has 24 heavy (non-hydrogen) atoms. The van der Waals surface area contributed by atoms with Gasteiger partial charge in [-0.1, -0.05) is 48.0 Å². The van der Waals surface area contributed by atoms with Gasteiger partial charge in [-0.3, -0.25) is 0 Å². The molecule has 0 spiro atoms. The van der Waals surface area contributed by atoms with Gasteiger partial charge in [0.05, 0.1) is 4.90 Å². The second kappa shape index (κ2) is 5.84. The van der Waals surface area contributed by atoms with Crippen molar-refractivity contribution in [1.82, 2.24) is 5.06 Å². The SMILES string of the molecule is Cc1ccc(S(=O)(=O)ON2CC3=Cc4ccccc4CC3C2)cc1. The number of nitrogens with zero attached hydrogens (tertiary/aromatic N) is 1. The van der Waals surface area contributed by atoms with Crippen molar-refractivity contribution in [2.75, 3.05) is 13.1 Å². The van der Waals surface area contributed by atoms with Crippen LogP contribution in [-0.2, 0) is 20.8 Å². The molecule has 1 aliphatic heterocycles. The lowest BCUT2D eigenvalue weighted by Gasteiger charge is -2.19. The van der Waals surface area contributed by atoms with E-state index in [2.05, 4.69) is 18.2 Å². The number of fused-ring (bicyclic) bond motifs is 2. The van der Waals surface area contributed by atoms with E-state index in [9.17, 15) is 8.42 Å².